The lowest BCUT2D eigenvalue weighted by Gasteiger charge is -2.51. The molecule has 8 aromatic rings. The van der Waals surface area contributed by atoms with E-state index in [2.05, 4.69) is 30.8 Å². The number of benzene rings is 8. The summed E-state index contributed by atoms with van der Waals surface area (Å²) in [5, 5.41) is 16.3. The molecule has 2 bridgehead atoms. The Kier molecular flexibility index (Phi) is 23.5. The van der Waals surface area contributed by atoms with Gasteiger partial charge >= 0.3 is 0 Å². The van der Waals surface area contributed by atoms with Crippen molar-refractivity contribution < 1.29 is 71.4 Å². The highest BCUT2D eigenvalue weighted by Crippen LogP contribution is 2.73. The summed E-state index contributed by atoms with van der Waals surface area (Å²) in [6.45, 7) is 7.64. The summed E-state index contributed by atoms with van der Waals surface area (Å²) in [4.78, 5) is 3.59. The molecule has 6 aliphatic rings. The number of nitrogens with zero attached hydrogens (tertiary/aromatic N) is 3. The average molecular weight is 1380 g/mol. The Bertz CT molecular complexity index is 3900. The fraction of sp³-hybridized carbons (Fsp3) is 0.429. The molecular weight excluding hydrogens is 1290 g/mol. The van der Waals surface area contributed by atoms with Crippen molar-refractivity contribution in [3.8, 4) is 0 Å². The molecule has 3 saturated carbocycles. The van der Waals surface area contributed by atoms with Gasteiger partial charge in [-0.3, -0.25) is 0 Å². The first-order chi connectivity index (χ1) is 50.1. The van der Waals surface area contributed by atoms with Crippen molar-refractivity contribution in [2.24, 2.45) is 21.9 Å². The number of fused-ring (bicyclic) bond motifs is 4. The third kappa shape index (κ3) is 16.1. The molecule has 8 aromatic carbocycles. The summed E-state index contributed by atoms with van der Waals surface area (Å²) < 4.78 is 103. The maximum absolute atomic E-state index is 11.6. The molecule has 3 saturated heterocycles. The van der Waals surface area contributed by atoms with Crippen LogP contribution in [-0.2, 0) is 119 Å². The van der Waals surface area contributed by atoms with E-state index in [9.17, 15) is 10.6 Å². The van der Waals surface area contributed by atoms with Crippen LogP contribution in [-0.4, -0.2) is 122 Å². The zero-order valence-electron chi connectivity index (χ0n) is 58.1. The summed E-state index contributed by atoms with van der Waals surface area (Å²) in [6, 6.07) is 77.9. The summed E-state index contributed by atoms with van der Waals surface area (Å²) in [5.41, 5.74) is 17.8. The Balaban J connectivity index is 0.884. The molecule has 3 aliphatic carbocycles. The topological polar surface area (TPSA) is 198 Å². The number of ether oxygens (including phenoxy) is 14. The Morgan fingerprint density at radius 2 is 0.745 bits per heavy atom. The predicted octanol–water partition coefficient (Wildman–Crippen LogP) is 14.5. The molecule has 6 fully saturated rings. The number of aliphatic hydroxyl groups is 1. The van der Waals surface area contributed by atoms with Gasteiger partial charge in [0.1, 0.15) is 85.4 Å². The standard InChI is InChI=1S/C84H93N3O15/c1-82(2)65-44-45-83(82,3)84(46-65)101-77-75(95-54-63-40-24-10-25-41-63)73(93-52-61-36-20-8-21-37-61)74(94-53-62-38-22-9-23-39-62)76(78(77)102-84)100-80-68(86-87-85)71(91-50-59-32-16-6-17-33-59)70(67(98-80)56-89-48-57-28-12-4-13-29-57)99-81-79(96-55-64-42-26-11-27-43-64)72(92-51-60-34-18-7-19-35-60)69(66(47-88)97-81)90-49-58-30-14-5-15-31-58/h4-43,65-81,88H,44-56H2,1-3H3/t65-,66+,67+,68+,69-,70+,71+,72-,73-,74-,75+,76+,77+,78-,79+,80+,81+,83-,84?/m0/s1. The van der Waals surface area contributed by atoms with Gasteiger partial charge in [0.15, 0.2) is 18.4 Å². The molecule has 0 radical (unpaired) electrons. The zero-order valence-corrected chi connectivity index (χ0v) is 58.1. The first kappa shape index (κ1) is 71.5. The van der Waals surface area contributed by atoms with E-state index in [1.165, 1.54) is 0 Å². The van der Waals surface area contributed by atoms with Crippen molar-refractivity contribution >= 4 is 0 Å². The summed E-state index contributed by atoms with van der Waals surface area (Å²) in [6.07, 6.45) is -12.9. The lowest BCUT2D eigenvalue weighted by molar-refractivity contribution is -0.371. The van der Waals surface area contributed by atoms with Crippen LogP contribution >= 0.6 is 0 Å². The van der Waals surface area contributed by atoms with E-state index in [0.29, 0.717) is 12.3 Å². The minimum Gasteiger partial charge on any atom is -0.394 e. The first-order valence-corrected chi connectivity index (χ1v) is 35.9. The van der Waals surface area contributed by atoms with Gasteiger partial charge in [-0.1, -0.05) is 269 Å². The van der Waals surface area contributed by atoms with Crippen LogP contribution in [0.5, 0.6) is 0 Å². The van der Waals surface area contributed by atoms with Gasteiger partial charge in [-0.2, -0.15) is 0 Å². The van der Waals surface area contributed by atoms with Crippen molar-refractivity contribution in [3.05, 3.63) is 298 Å². The highest BCUT2D eigenvalue weighted by molar-refractivity contribution is 5.24. The molecule has 1 unspecified atom stereocenters. The monoisotopic (exact) mass is 1380 g/mol. The van der Waals surface area contributed by atoms with E-state index in [1.54, 1.807) is 0 Å². The van der Waals surface area contributed by atoms with Crippen LogP contribution in [0.25, 0.3) is 10.4 Å². The van der Waals surface area contributed by atoms with Gasteiger partial charge in [0, 0.05) is 16.7 Å². The molecule has 0 aromatic heterocycles. The van der Waals surface area contributed by atoms with Crippen LogP contribution in [0.1, 0.15) is 84.5 Å². The van der Waals surface area contributed by atoms with Crippen LogP contribution in [0, 0.1) is 16.7 Å². The molecule has 19 atom stereocenters. The molecule has 14 rings (SSSR count). The Hall–Kier alpha value is -7.53. The van der Waals surface area contributed by atoms with Crippen molar-refractivity contribution in [2.45, 2.75) is 197 Å². The van der Waals surface area contributed by atoms with E-state index in [4.69, 9.17) is 66.3 Å². The number of azide groups is 1. The van der Waals surface area contributed by atoms with Crippen LogP contribution < -0.4 is 0 Å². The molecule has 1 N–H and O–H groups in total. The Morgan fingerprint density at radius 1 is 0.402 bits per heavy atom. The van der Waals surface area contributed by atoms with E-state index in [-0.39, 0.29) is 64.9 Å². The van der Waals surface area contributed by atoms with Gasteiger partial charge < -0.3 is 71.4 Å². The average Bonchev–Trinajstić information content (AvgIpc) is 1.51. The second-order valence-corrected chi connectivity index (χ2v) is 28.4. The Labute approximate surface area is 597 Å². The SMILES string of the molecule is CC1(C)[C@H]2CC[C@]1(C)C1(C2)O[C@@H]2[C@H](OCc3ccccc3)[C@@H](OCc3ccccc3)[C@H](OCc3ccccc3)[C@@H](O[C@H]3O[C@H](COCc4ccccc4)[C@@H](O[C@H]4O[C@H](CO)[C@H](OCc5ccccc5)[C@H](OCc5ccccc5)[C@H]4OCc4ccccc4)[C@H](OCc4ccccc4)[C@H]3N=[N+]=[N-])[C@@H]2O1. The zero-order chi connectivity index (χ0) is 69.7. The van der Waals surface area contributed by atoms with E-state index >= 15 is 0 Å². The molecule has 18 nitrogen and oxygen atoms in total. The van der Waals surface area contributed by atoms with Gasteiger partial charge in [0.25, 0.3) is 0 Å². The van der Waals surface area contributed by atoms with E-state index in [1.807, 2.05) is 243 Å². The molecule has 102 heavy (non-hydrogen) atoms. The maximum Gasteiger partial charge on any atom is 0.187 e. The lowest BCUT2D eigenvalue weighted by Crippen LogP contribution is -2.68. The Morgan fingerprint density at radius 3 is 1.14 bits per heavy atom. The van der Waals surface area contributed by atoms with E-state index in [0.717, 1.165) is 57.3 Å². The smallest absolute Gasteiger partial charge is 0.187 e. The lowest BCUT2D eigenvalue weighted by atomic mass is 9.68. The van der Waals surface area contributed by atoms with Gasteiger partial charge in [-0.05, 0) is 74.2 Å². The minimum absolute atomic E-state index is 0.0336. The number of hydrogen-bond donors (Lipinski definition) is 1. The maximum atomic E-state index is 11.6. The van der Waals surface area contributed by atoms with Crippen molar-refractivity contribution in [1.29, 1.82) is 0 Å². The van der Waals surface area contributed by atoms with E-state index < -0.39 is 116 Å². The summed E-state index contributed by atoms with van der Waals surface area (Å²) in [7, 11) is 0. The summed E-state index contributed by atoms with van der Waals surface area (Å²) >= 11 is 0. The number of rotatable bonds is 31. The second kappa shape index (κ2) is 33.5. The van der Waals surface area contributed by atoms with Gasteiger partial charge in [0.05, 0.1) is 66.1 Å². The van der Waals surface area contributed by atoms with Gasteiger partial charge in [-0.15, -0.1) is 0 Å². The molecule has 1 spiro atoms. The molecule has 3 aliphatic heterocycles. The quantitative estimate of drug-likeness (QED) is 0.0244. The van der Waals surface area contributed by atoms with Gasteiger partial charge in [-0.25, -0.2) is 0 Å². The number of aliphatic hydroxyl groups excluding tert-OH is 1. The fourth-order valence-electron chi connectivity index (χ4n) is 16.0. The predicted molar refractivity (Wildman–Crippen MR) is 380 cm³/mol. The fourth-order valence-corrected chi connectivity index (χ4v) is 16.0. The highest BCUT2D eigenvalue weighted by atomic mass is 16.8. The third-order valence-corrected chi connectivity index (χ3v) is 21.9. The van der Waals surface area contributed by atoms with Crippen molar-refractivity contribution in [2.75, 3.05) is 13.2 Å². The minimum atomic E-state index is -1.43. The summed E-state index contributed by atoms with van der Waals surface area (Å²) in [5.74, 6) is -0.773. The van der Waals surface area contributed by atoms with Crippen LogP contribution in [0.4, 0.5) is 0 Å². The molecule has 18 heteroatoms. The van der Waals surface area contributed by atoms with Crippen molar-refractivity contribution in [3.63, 3.8) is 0 Å². The largest absolute Gasteiger partial charge is 0.394 e. The van der Waals surface area contributed by atoms with Crippen molar-refractivity contribution in [1.82, 2.24) is 0 Å². The highest BCUT2D eigenvalue weighted by Gasteiger charge is 2.76. The first-order valence-electron chi connectivity index (χ1n) is 35.9. The van der Waals surface area contributed by atoms with Crippen LogP contribution in [0.3, 0.4) is 0 Å². The second-order valence-electron chi connectivity index (χ2n) is 28.4. The number of hydrogen-bond acceptors (Lipinski definition) is 16. The van der Waals surface area contributed by atoms with Crippen LogP contribution in [0.15, 0.2) is 248 Å². The molecule has 3 heterocycles. The van der Waals surface area contributed by atoms with Crippen LogP contribution in [0.2, 0.25) is 0 Å². The molecule has 534 valence electrons. The normalized spacial score (nSPS) is 31.5. The molecular formula is C84H93N3O15. The van der Waals surface area contributed by atoms with Gasteiger partial charge in [0.2, 0.25) is 0 Å². The molecule has 0 amide bonds. The third-order valence-electron chi connectivity index (χ3n) is 21.9.